The van der Waals surface area contributed by atoms with Crippen LogP contribution >= 0.6 is 0 Å². The highest BCUT2D eigenvalue weighted by Crippen LogP contribution is 2.35. The smallest absolute Gasteiger partial charge is 0.243 e. The Hall–Kier alpha value is -1.59. The molecule has 19 heavy (non-hydrogen) atoms. The van der Waals surface area contributed by atoms with Gasteiger partial charge in [0.2, 0.25) is 5.91 Å². The Balaban J connectivity index is 2.01. The average Bonchev–Trinajstić information content (AvgIpc) is 2.60. The number of benzene rings is 1. The minimum Gasteiger partial charge on any atom is -0.487 e. The fraction of sp³-hybridized carbons (Fsp3) is 0.500. The van der Waals surface area contributed by atoms with Gasteiger partial charge in [0, 0.05) is 6.42 Å². The second-order valence-corrected chi connectivity index (χ2v) is 5.49. The Bertz CT molecular complexity index is 486. The van der Waals surface area contributed by atoms with E-state index in [-0.39, 0.29) is 24.9 Å². The number of carbonyl (C=O) groups excluding carboxylic acids is 1. The number of nitrogens with two attached hydrogens (primary N) is 2. The predicted octanol–water partition coefficient (Wildman–Crippen LogP) is 0.902. The standard InChI is InChI=1S/C14H20N2O3/c1-14(2)6-10-5-9(3-4-12(10)19-14)11(15)7-18-8-13(16)17/h3-5,11H,6-8,15H2,1-2H3,(H2,16,17). The first kappa shape index (κ1) is 13.8. The third-order valence-corrected chi connectivity index (χ3v) is 3.06. The van der Waals surface area contributed by atoms with Crippen LogP contribution in [0.1, 0.15) is 31.0 Å². The first-order chi connectivity index (χ1) is 8.87. The van der Waals surface area contributed by atoms with Crippen molar-refractivity contribution >= 4 is 5.91 Å². The molecule has 0 saturated heterocycles. The molecule has 2 rings (SSSR count). The van der Waals surface area contributed by atoms with Gasteiger partial charge in [-0.1, -0.05) is 12.1 Å². The van der Waals surface area contributed by atoms with E-state index in [0.29, 0.717) is 0 Å². The van der Waals surface area contributed by atoms with Crippen molar-refractivity contribution in [2.24, 2.45) is 11.5 Å². The van der Waals surface area contributed by atoms with Crippen molar-refractivity contribution in [2.45, 2.75) is 31.9 Å². The van der Waals surface area contributed by atoms with Gasteiger partial charge < -0.3 is 20.9 Å². The van der Waals surface area contributed by atoms with Gasteiger partial charge in [0.15, 0.2) is 0 Å². The summed E-state index contributed by atoms with van der Waals surface area (Å²) >= 11 is 0. The van der Waals surface area contributed by atoms with Crippen LogP contribution in [0.15, 0.2) is 18.2 Å². The third-order valence-electron chi connectivity index (χ3n) is 3.06. The summed E-state index contributed by atoms with van der Waals surface area (Å²) in [5.74, 6) is 0.426. The molecule has 4 N–H and O–H groups in total. The first-order valence-corrected chi connectivity index (χ1v) is 6.31. The largest absolute Gasteiger partial charge is 0.487 e. The molecule has 0 fully saturated rings. The Morgan fingerprint density at radius 1 is 1.53 bits per heavy atom. The molecule has 1 aliphatic heterocycles. The van der Waals surface area contributed by atoms with E-state index < -0.39 is 5.91 Å². The summed E-state index contributed by atoms with van der Waals surface area (Å²) in [7, 11) is 0. The van der Waals surface area contributed by atoms with Gasteiger partial charge in [0.1, 0.15) is 18.0 Å². The van der Waals surface area contributed by atoms with Crippen molar-refractivity contribution in [3.05, 3.63) is 29.3 Å². The SMILES string of the molecule is CC1(C)Cc2cc(C(N)COCC(N)=O)ccc2O1. The Morgan fingerprint density at radius 3 is 2.95 bits per heavy atom. The predicted molar refractivity (Wildman–Crippen MR) is 71.8 cm³/mol. The maximum Gasteiger partial charge on any atom is 0.243 e. The molecule has 0 saturated carbocycles. The lowest BCUT2D eigenvalue weighted by atomic mass is 9.98. The molecule has 1 aromatic rings. The normalized spacial score (nSPS) is 17.6. The van der Waals surface area contributed by atoms with Crippen LogP contribution in [0.3, 0.4) is 0 Å². The highest BCUT2D eigenvalue weighted by molar-refractivity contribution is 5.74. The zero-order valence-electron chi connectivity index (χ0n) is 11.3. The average molecular weight is 264 g/mol. The second kappa shape index (κ2) is 5.19. The number of primary amides is 1. The second-order valence-electron chi connectivity index (χ2n) is 5.49. The molecule has 0 aliphatic carbocycles. The van der Waals surface area contributed by atoms with E-state index in [0.717, 1.165) is 23.3 Å². The number of carbonyl (C=O) groups is 1. The topological polar surface area (TPSA) is 87.6 Å². The van der Waals surface area contributed by atoms with E-state index in [1.54, 1.807) is 0 Å². The fourth-order valence-corrected chi connectivity index (χ4v) is 2.24. The Kier molecular flexibility index (Phi) is 3.78. The summed E-state index contributed by atoms with van der Waals surface area (Å²) in [6.45, 7) is 4.28. The van der Waals surface area contributed by atoms with E-state index in [2.05, 4.69) is 13.8 Å². The van der Waals surface area contributed by atoms with E-state index >= 15 is 0 Å². The molecule has 5 heteroatoms. The van der Waals surface area contributed by atoms with Crippen LogP contribution in [-0.4, -0.2) is 24.7 Å². The molecule has 0 bridgehead atoms. The number of ether oxygens (including phenoxy) is 2. The van der Waals surface area contributed by atoms with Crippen molar-refractivity contribution in [3.8, 4) is 5.75 Å². The van der Waals surface area contributed by atoms with Gasteiger partial charge in [-0.15, -0.1) is 0 Å². The molecule has 1 aromatic carbocycles. The van der Waals surface area contributed by atoms with Crippen LogP contribution in [0.2, 0.25) is 0 Å². The zero-order valence-corrected chi connectivity index (χ0v) is 11.3. The van der Waals surface area contributed by atoms with Crippen molar-refractivity contribution in [1.82, 2.24) is 0 Å². The quantitative estimate of drug-likeness (QED) is 0.827. The molecule has 1 amide bonds. The minimum absolute atomic E-state index is 0.102. The van der Waals surface area contributed by atoms with Crippen LogP contribution in [0, 0.1) is 0 Å². The number of hydrogen-bond acceptors (Lipinski definition) is 4. The Morgan fingerprint density at radius 2 is 2.26 bits per heavy atom. The minimum atomic E-state index is -0.490. The highest BCUT2D eigenvalue weighted by atomic mass is 16.5. The van der Waals surface area contributed by atoms with Crippen LogP contribution in [0.4, 0.5) is 0 Å². The molecule has 5 nitrogen and oxygen atoms in total. The van der Waals surface area contributed by atoms with Gasteiger partial charge in [0.25, 0.3) is 0 Å². The lowest BCUT2D eigenvalue weighted by molar-refractivity contribution is -0.122. The molecule has 0 spiro atoms. The van der Waals surface area contributed by atoms with Crippen molar-refractivity contribution < 1.29 is 14.3 Å². The summed E-state index contributed by atoms with van der Waals surface area (Å²) in [5, 5.41) is 0. The summed E-state index contributed by atoms with van der Waals surface area (Å²) in [5.41, 5.74) is 13.0. The van der Waals surface area contributed by atoms with Gasteiger partial charge in [0.05, 0.1) is 12.6 Å². The summed E-state index contributed by atoms with van der Waals surface area (Å²) in [6.07, 6.45) is 0.866. The summed E-state index contributed by atoms with van der Waals surface area (Å²) < 4.78 is 10.9. The summed E-state index contributed by atoms with van der Waals surface area (Å²) in [6, 6.07) is 5.64. The van der Waals surface area contributed by atoms with Crippen LogP contribution in [0.25, 0.3) is 0 Å². The number of hydrogen-bond donors (Lipinski definition) is 2. The molecule has 0 aromatic heterocycles. The van der Waals surface area contributed by atoms with Crippen LogP contribution < -0.4 is 16.2 Å². The Labute approximate surface area is 112 Å². The zero-order chi connectivity index (χ0) is 14.0. The van der Waals surface area contributed by atoms with Crippen LogP contribution in [-0.2, 0) is 16.0 Å². The third kappa shape index (κ3) is 3.45. The lowest BCUT2D eigenvalue weighted by Gasteiger charge is -2.16. The van der Waals surface area contributed by atoms with Gasteiger partial charge in [-0.3, -0.25) is 4.79 Å². The van der Waals surface area contributed by atoms with E-state index in [9.17, 15) is 4.79 Å². The number of fused-ring (bicyclic) bond motifs is 1. The van der Waals surface area contributed by atoms with E-state index in [1.807, 2.05) is 18.2 Å². The maximum absolute atomic E-state index is 10.6. The number of amides is 1. The van der Waals surface area contributed by atoms with Gasteiger partial charge in [-0.25, -0.2) is 0 Å². The molecule has 0 radical (unpaired) electrons. The molecular weight excluding hydrogens is 244 g/mol. The first-order valence-electron chi connectivity index (χ1n) is 6.31. The summed E-state index contributed by atoms with van der Waals surface area (Å²) in [4.78, 5) is 10.6. The van der Waals surface area contributed by atoms with Crippen LogP contribution in [0.5, 0.6) is 5.75 Å². The molecule has 1 unspecified atom stereocenters. The maximum atomic E-state index is 10.6. The highest BCUT2D eigenvalue weighted by Gasteiger charge is 2.30. The monoisotopic (exact) mass is 264 g/mol. The molecule has 1 aliphatic rings. The molecule has 104 valence electrons. The lowest BCUT2D eigenvalue weighted by Crippen LogP contribution is -2.24. The van der Waals surface area contributed by atoms with Gasteiger partial charge in [-0.05, 0) is 31.0 Å². The molecule has 1 atom stereocenters. The van der Waals surface area contributed by atoms with Gasteiger partial charge >= 0.3 is 0 Å². The molecular formula is C14H20N2O3. The fourth-order valence-electron chi connectivity index (χ4n) is 2.24. The van der Waals surface area contributed by atoms with Crippen molar-refractivity contribution in [2.75, 3.05) is 13.2 Å². The van der Waals surface area contributed by atoms with Gasteiger partial charge in [-0.2, -0.15) is 0 Å². The van der Waals surface area contributed by atoms with Crippen molar-refractivity contribution in [3.63, 3.8) is 0 Å². The van der Waals surface area contributed by atoms with Crippen molar-refractivity contribution in [1.29, 1.82) is 0 Å². The molecule has 1 heterocycles. The number of rotatable bonds is 5. The van der Waals surface area contributed by atoms with E-state index in [4.69, 9.17) is 20.9 Å². The van der Waals surface area contributed by atoms with E-state index in [1.165, 1.54) is 0 Å².